The number of hydrogen-bond donors (Lipinski definition) is 1. The van der Waals surface area contributed by atoms with E-state index in [4.69, 9.17) is 0 Å². The molecule has 1 saturated carbocycles. The molecule has 1 fully saturated rings. The lowest BCUT2D eigenvalue weighted by molar-refractivity contribution is 0.407. The molecule has 1 aliphatic rings. The smallest absolute Gasteiger partial charge is 0.0503 e. The molecule has 3 heteroatoms. The third-order valence-corrected chi connectivity index (χ3v) is 6.71. The van der Waals surface area contributed by atoms with Crippen molar-refractivity contribution < 1.29 is 4.21 Å². The zero-order valence-electron chi connectivity index (χ0n) is 14.5. The van der Waals surface area contributed by atoms with Crippen LogP contribution in [0.15, 0.2) is 0 Å². The Labute approximate surface area is 135 Å². The summed E-state index contributed by atoms with van der Waals surface area (Å²) in [7, 11) is -0.696. The molecule has 0 spiro atoms. The van der Waals surface area contributed by atoms with Crippen molar-refractivity contribution in [2.75, 3.05) is 6.54 Å². The van der Waals surface area contributed by atoms with Crippen molar-refractivity contribution in [1.29, 1.82) is 0 Å². The normalized spacial score (nSPS) is 27.8. The lowest BCUT2D eigenvalue weighted by atomic mass is 9.97. The number of nitrogens with one attached hydrogen (secondary N) is 1. The maximum Gasteiger partial charge on any atom is 0.0503 e. The minimum absolute atomic E-state index is 0.286. The van der Waals surface area contributed by atoms with Crippen LogP contribution in [0, 0.1) is 0 Å². The fourth-order valence-electron chi connectivity index (χ4n) is 3.35. The van der Waals surface area contributed by atoms with Crippen LogP contribution in [-0.2, 0) is 10.8 Å². The van der Waals surface area contributed by atoms with Gasteiger partial charge in [-0.25, -0.2) is 0 Å². The summed E-state index contributed by atoms with van der Waals surface area (Å²) < 4.78 is 12.8. The standard InChI is InChI=1S/C18H37NOS/c1-4-15-19-17-13-11-9-7-5-6-8-10-12-14-18(17)21(20)16(2)3/h16-19H,4-15H2,1-3H3. The molecule has 0 radical (unpaired) electrons. The van der Waals surface area contributed by atoms with Crippen molar-refractivity contribution in [3.63, 3.8) is 0 Å². The predicted molar refractivity (Wildman–Crippen MR) is 95.3 cm³/mol. The molecule has 0 aromatic rings. The van der Waals surface area contributed by atoms with Gasteiger partial charge in [0.1, 0.15) is 0 Å². The molecule has 1 aliphatic carbocycles. The summed E-state index contributed by atoms with van der Waals surface area (Å²) in [6.07, 6.45) is 14.3. The first-order valence-corrected chi connectivity index (χ1v) is 10.6. The topological polar surface area (TPSA) is 29.1 Å². The van der Waals surface area contributed by atoms with Gasteiger partial charge in [0, 0.05) is 22.1 Å². The monoisotopic (exact) mass is 315 g/mol. The van der Waals surface area contributed by atoms with Crippen molar-refractivity contribution in [2.24, 2.45) is 0 Å². The van der Waals surface area contributed by atoms with Crippen molar-refractivity contribution in [3.8, 4) is 0 Å². The van der Waals surface area contributed by atoms with Gasteiger partial charge in [-0.05, 0) is 25.8 Å². The van der Waals surface area contributed by atoms with E-state index in [1.54, 1.807) is 0 Å². The van der Waals surface area contributed by atoms with Crippen molar-refractivity contribution in [1.82, 2.24) is 5.32 Å². The second kappa shape index (κ2) is 11.6. The first-order valence-electron chi connectivity index (χ1n) is 9.29. The van der Waals surface area contributed by atoms with E-state index in [0.29, 0.717) is 11.3 Å². The highest BCUT2D eigenvalue weighted by Gasteiger charge is 2.27. The van der Waals surface area contributed by atoms with E-state index in [-0.39, 0.29) is 5.25 Å². The third-order valence-electron chi connectivity index (χ3n) is 4.62. The summed E-state index contributed by atoms with van der Waals surface area (Å²) >= 11 is 0. The Bertz CT molecular complexity index is 280. The van der Waals surface area contributed by atoms with E-state index in [1.165, 1.54) is 57.8 Å². The molecule has 2 nitrogen and oxygen atoms in total. The Morgan fingerprint density at radius 2 is 1.48 bits per heavy atom. The average Bonchev–Trinajstić information content (AvgIpc) is 2.46. The van der Waals surface area contributed by atoms with Gasteiger partial charge >= 0.3 is 0 Å². The van der Waals surface area contributed by atoms with Gasteiger partial charge in [-0.3, -0.25) is 4.21 Å². The Balaban J connectivity index is 2.69. The second-order valence-corrected chi connectivity index (χ2v) is 9.09. The van der Waals surface area contributed by atoms with Crippen molar-refractivity contribution in [2.45, 2.75) is 108 Å². The zero-order valence-corrected chi connectivity index (χ0v) is 15.4. The van der Waals surface area contributed by atoms with Gasteiger partial charge in [0.2, 0.25) is 0 Å². The summed E-state index contributed by atoms with van der Waals surface area (Å²) in [6, 6.07) is 0.465. The molecule has 0 amide bonds. The largest absolute Gasteiger partial charge is 0.313 e. The van der Waals surface area contributed by atoms with Crippen molar-refractivity contribution >= 4 is 10.8 Å². The fraction of sp³-hybridized carbons (Fsp3) is 1.00. The molecule has 0 heterocycles. The van der Waals surface area contributed by atoms with E-state index in [9.17, 15) is 4.21 Å². The van der Waals surface area contributed by atoms with Crippen LogP contribution in [-0.4, -0.2) is 27.3 Å². The first kappa shape index (κ1) is 19.2. The minimum atomic E-state index is -0.696. The lowest BCUT2D eigenvalue weighted by Crippen LogP contribution is -2.44. The highest BCUT2D eigenvalue weighted by molar-refractivity contribution is 7.86. The number of hydrogen-bond acceptors (Lipinski definition) is 2. The van der Waals surface area contributed by atoms with Crippen LogP contribution < -0.4 is 5.32 Å². The van der Waals surface area contributed by atoms with Crippen LogP contribution in [0.1, 0.15) is 91.4 Å². The van der Waals surface area contributed by atoms with Gasteiger partial charge in [0.25, 0.3) is 0 Å². The maximum absolute atomic E-state index is 12.8. The van der Waals surface area contributed by atoms with E-state index >= 15 is 0 Å². The molecule has 3 atom stereocenters. The average molecular weight is 316 g/mol. The molecule has 1 rings (SSSR count). The first-order chi connectivity index (χ1) is 10.2. The number of rotatable bonds is 5. The summed E-state index contributed by atoms with van der Waals surface area (Å²) in [4.78, 5) is 0. The van der Waals surface area contributed by atoms with Crippen LogP contribution in [0.4, 0.5) is 0 Å². The Hall–Kier alpha value is 0.110. The van der Waals surface area contributed by atoms with Gasteiger partial charge in [0.15, 0.2) is 0 Å². The molecule has 0 aliphatic heterocycles. The summed E-state index contributed by atoms with van der Waals surface area (Å²) in [6.45, 7) is 7.51. The SMILES string of the molecule is CCCNC1CCCCCCCCCCC1S(=O)C(C)C. The Morgan fingerprint density at radius 3 is 2.00 bits per heavy atom. The van der Waals surface area contributed by atoms with Crippen LogP contribution in [0.5, 0.6) is 0 Å². The molecule has 0 aromatic carbocycles. The molecule has 0 saturated heterocycles. The third kappa shape index (κ3) is 7.78. The van der Waals surface area contributed by atoms with E-state index in [1.807, 2.05) is 0 Å². The van der Waals surface area contributed by atoms with Crippen LogP contribution in [0.2, 0.25) is 0 Å². The molecular weight excluding hydrogens is 278 g/mol. The molecule has 0 aromatic heterocycles. The molecular formula is C18H37NOS. The highest BCUT2D eigenvalue weighted by Crippen LogP contribution is 2.22. The predicted octanol–water partition coefficient (Wildman–Crippen LogP) is 4.79. The Kier molecular flexibility index (Phi) is 10.6. The van der Waals surface area contributed by atoms with E-state index < -0.39 is 10.8 Å². The summed E-state index contributed by atoms with van der Waals surface area (Å²) in [5.41, 5.74) is 0. The molecule has 126 valence electrons. The van der Waals surface area contributed by atoms with Crippen molar-refractivity contribution in [3.05, 3.63) is 0 Å². The van der Waals surface area contributed by atoms with Gasteiger partial charge < -0.3 is 5.32 Å². The lowest BCUT2D eigenvalue weighted by Gasteiger charge is -2.29. The molecule has 3 unspecified atom stereocenters. The van der Waals surface area contributed by atoms with Crippen LogP contribution in [0.3, 0.4) is 0 Å². The quantitative estimate of drug-likeness (QED) is 0.790. The Morgan fingerprint density at radius 1 is 0.952 bits per heavy atom. The van der Waals surface area contributed by atoms with Gasteiger partial charge in [-0.2, -0.15) is 0 Å². The molecule has 0 bridgehead atoms. The van der Waals surface area contributed by atoms with Gasteiger partial charge in [0.05, 0.1) is 5.25 Å². The maximum atomic E-state index is 12.8. The highest BCUT2D eigenvalue weighted by atomic mass is 32.2. The van der Waals surface area contributed by atoms with E-state index in [0.717, 1.165) is 19.4 Å². The van der Waals surface area contributed by atoms with Gasteiger partial charge in [-0.15, -0.1) is 0 Å². The van der Waals surface area contributed by atoms with E-state index in [2.05, 4.69) is 26.1 Å². The summed E-state index contributed by atoms with van der Waals surface area (Å²) in [5.74, 6) is 0. The van der Waals surface area contributed by atoms with Crippen LogP contribution in [0.25, 0.3) is 0 Å². The van der Waals surface area contributed by atoms with Crippen LogP contribution >= 0.6 is 0 Å². The molecule has 21 heavy (non-hydrogen) atoms. The minimum Gasteiger partial charge on any atom is -0.313 e. The molecule has 1 N–H and O–H groups in total. The fourth-order valence-corrected chi connectivity index (χ4v) is 5.00. The summed E-state index contributed by atoms with van der Waals surface area (Å²) in [5, 5.41) is 4.36. The zero-order chi connectivity index (χ0) is 15.5. The second-order valence-electron chi connectivity index (χ2n) is 6.88. The van der Waals surface area contributed by atoms with Gasteiger partial charge in [-0.1, -0.05) is 72.1 Å².